The topological polar surface area (TPSA) is 29.5 Å². The van der Waals surface area contributed by atoms with Crippen LogP contribution in [0.4, 0.5) is 17.6 Å². The lowest BCUT2D eigenvalue weighted by Gasteiger charge is -2.10. The van der Waals surface area contributed by atoms with Crippen LogP contribution in [0.25, 0.3) is 0 Å². The third-order valence-electron chi connectivity index (χ3n) is 1.89. The van der Waals surface area contributed by atoms with Crippen LogP contribution in [0.5, 0.6) is 5.75 Å². The fraction of sp³-hybridized carbons (Fsp3) is 0.250. The SMILES string of the molecule is Oc1ccc2c(c1)C(F)(F)OC2(F)F. The van der Waals surface area contributed by atoms with Gasteiger partial charge in [0.2, 0.25) is 0 Å². The standard InChI is InChI=1S/C8H4F4O2/c9-7(10)5-2-1-4(13)3-6(5)8(11,12)14-7/h1-3,13H. The number of phenols is 1. The maximum absolute atomic E-state index is 12.8. The summed E-state index contributed by atoms with van der Waals surface area (Å²) in [5.41, 5.74) is -1.91. The molecule has 0 atom stereocenters. The normalized spacial score (nSPS) is 22.0. The number of hydrogen-bond acceptors (Lipinski definition) is 2. The minimum absolute atomic E-state index is 0.510. The second-order valence-electron chi connectivity index (χ2n) is 2.87. The van der Waals surface area contributed by atoms with Gasteiger partial charge in [-0.25, -0.2) is 4.74 Å². The number of phenolic OH excluding ortho intramolecular Hbond substituents is 1. The van der Waals surface area contributed by atoms with E-state index in [1.807, 2.05) is 0 Å². The molecule has 0 aliphatic carbocycles. The Morgan fingerprint density at radius 3 is 2.21 bits per heavy atom. The Hall–Kier alpha value is -1.30. The van der Waals surface area contributed by atoms with Crippen molar-refractivity contribution >= 4 is 0 Å². The maximum atomic E-state index is 12.8. The van der Waals surface area contributed by atoms with E-state index in [9.17, 15) is 17.6 Å². The van der Waals surface area contributed by atoms with Gasteiger partial charge in [0, 0.05) is 0 Å². The van der Waals surface area contributed by atoms with E-state index in [-0.39, 0.29) is 0 Å². The molecule has 1 N–H and O–H groups in total. The largest absolute Gasteiger partial charge is 0.508 e. The minimum Gasteiger partial charge on any atom is -0.508 e. The van der Waals surface area contributed by atoms with E-state index in [4.69, 9.17) is 5.11 Å². The first-order valence-corrected chi connectivity index (χ1v) is 3.63. The average molecular weight is 208 g/mol. The lowest BCUT2D eigenvalue weighted by Crippen LogP contribution is -2.17. The molecule has 0 fully saturated rings. The molecule has 0 saturated heterocycles. The Morgan fingerprint density at radius 2 is 1.57 bits per heavy atom. The van der Waals surface area contributed by atoms with Crippen molar-refractivity contribution < 1.29 is 27.4 Å². The molecule has 0 spiro atoms. The van der Waals surface area contributed by atoms with Gasteiger partial charge in [-0.3, -0.25) is 0 Å². The van der Waals surface area contributed by atoms with Crippen molar-refractivity contribution in [2.45, 2.75) is 12.2 Å². The van der Waals surface area contributed by atoms with Gasteiger partial charge in [-0.15, -0.1) is 0 Å². The smallest absolute Gasteiger partial charge is 0.388 e. The van der Waals surface area contributed by atoms with Crippen molar-refractivity contribution in [3.63, 3.8) is 0 Å². The van der Waals surface area contributed by atoms with E-state index in [1.54, 1.807) is 0 Å². The third kappa shape index (κ3) is 1.14. The third-order valence-corrected chi connectivity index (χ3v) is 1.89. The molecule has 0 unspecified atom stereocenters. The summed E-state index contributed by atoms with van der Waals surface area (Å²) in [6, 6.07) is 2.18. The number of alkyl halides is 4. The Labute approximate surface area is 75.7 Å². The summed E-state index contributed by atoms with van der Waals surface area (Å²) in [5, 5.41) is 8.87. The Balaban J connectivity index is 2.66. The fourth-order valence-electron chi connectivity index (χ4n) is 1.30. The number of aromatic hydroxyl groups is 1. The number of fused-ring (bicyclic) bond motifs is 1. The molecular formula is C8H4F4O2. The molecule has 1 aromatic rings. The van der Waals surface area contributed by atoms with Crippen LogP contribution >= 0.6 is 0 Å². The molecule has 1 aliphatic rings. The van der Waals surface area contributed by atoms with Crippen molar-refractivity contribution in [3.8, 4) is 5.75 Å². The van der Waals surface area contributed by atoms with Gasteiger partial charge < -0.3 is 5.11 Å². The highest BCUT2D eigenvalue weighted by atomic mass is 19.3. The Morgan fingerprint density at radius 1 is 1.00 bits per heavy atom. The minimum atomic E-state index is -4.06. The van der Waals surface area contributed by atoms with E-state index in [0.29, 0.717) is 12.1 Å². The molecule has 1 heterocycles. The van der Waals surface area contributed by atoms with E-state index in [1.165, 1.54) is 0 Å². The van der Waals surface area contributed by atoms with Crippen LogP contribution in [0.2, 0.25) is 0 Å². The van der Waals surface area contributed by atoms with E-state index in [2.05, 4.69) is 4.74 Å². The van der Waals surface area contributed by atoms with Gasteiger partial charge in [0.1, 0.15) is 5.75 Å². The summed E-state index contributed by atoms with van der Waals surface area (Å²) in [4.78, 5) is 0. The van der Waals surface area contributed by atoms with Crippen molar-refractivity contribution in [3.05, 3.63) is 29.3 Å². The molecule has 0 radical (unpaired) electrons. The van der Waals surface area contributed by atoms with E-state index >= 15 is 0 Å². The van der Waals surface area contributed by atoms with Gasteiger partial charge in [0.05, 0.1) is 11.1 Å². The first kappa shape index (κ1) is 9.26. The Kier molecular flexibility index (Phi) is 1.58. The average Bonchev–Trinajstić information content (AvgIpc) is 2.17. The van der Waals surface area contributed by atoms with Crippen LogP contribution in [0.15, 0.2) is 18.2 Å². The first-order valence-electron chi connectivity index (χ1n) is 3.63. The molecule has 14 heavy (non-hydrogen) atoms. The molecule has 0 aromatic heterocycles. The molecule has 76 valence electrons. The summed E-state index contributed by atoms with van der Waals surface area (Å²) >= 11 is 0. The molecule has 6 heteroatoms. The van der Waals surface area contributed by atoms with Crippen molar-refractivity contribution in [1.82, 2.24) is 0 Å². The summed E-state index contributed by atoms with van der Waals surface area (Å²) in [7, 11) is 0. The molecule has 1 aliphatic heterocycles. The summed E-state index contributed by atoms with van der Waals surface area (Å²) in [5.74, 6) is -0.510. The number of ether oxygens (including phenoxy) is 1. The van der Waals surface area contributed by atoms with Gasteiger partial charge in [-0.05, 0) is 18.2 Å². The molecule has 0 amide bonds. The highest BCUT2D eigenvalue weighted by Gasteiger charge is 2.57. The fourth-order valence-corrected chi connectivity index (χ4v) is 1.30. The van der Waals surface area contributed by atoms with Gasteiger partial charge in [0.25, 0.3) is 0 Å². The van der Waals surface area contributed by atoms with Crippen LogP contribution in [-0.4, -0.2) is 5.11 Å². The van der Waals surface area contributed by atoms with Crippen LogP contribution in [0, 0.1) is 0 Å². The van der Waals surface area contributed by atoms with Gasteiger partial charge in [0.15, 0.2) is 0 Å². The predicted molar refractivity (Wildman–Crippen MR) is 37.0 cm³/mol. The molecule has 2 nitrogen and oxygen atoms in total. The number of benzene rings is 1. The molecule has 1 aromatic carbocycles. The highest BCUT2D eigenvalue weighted by molar-refractivity contribution is 5.40. The number of hydrogen-bond donors (Lipinski definition) is 1. The molecule has 2 rings (SSSR count). The summed E-state index contributed by atoms with van der Waals surface area (Å²) in [6.45, 7) is 0. The highest BCUT2D eigenvalue weighted by Crippen LogP contribution is 2.51. The summed E-state index contributed by atoms with van der Waals surface area (Å²) in [6.07, 6.45) is -8.07. The first-order chi connectivity index (χ1) is 6.33. The summed E-state index contributed by atoms with van der Waals surface area (Å²) < 4.78 is 54.4. The van der Waals surface area contributed by atoms with Crippen LogP contribution in [0.1, 0.15) is 11.1 Å². The van der Waals surface area contributed by atoms with Gasteiger partial charge >= 0.3 is 12.2 Å². The monoisotopic (exact) mass is 208 g/mol. The van der Waals surface area contributed by atoms with Crippen molar-refractivity contribution in [2.24, 2.45) is 0 Å². The predicted octanol–water partition coefficient (Wildman–Crippen LogP) is 2.52. The molecule has 0 saturated carbocycles. The van der Waals surface area contributed by atoms with E-state index in [0.717, 1.165) is 6.07 Å². The van der Waals surface area contributed by atoms with E-state index < -0.39 is 29.1 Å². The number of rotatable bonds is 0. The second-order valence-corrected chi connectivity index (χ2v) is 2.87. The van der Waals surface area contributed by atoms with Crippen molar-refractivity contribution in [2.75, 3.05) is 0 Å². The quantitative estimate of drug-likeness (QED) is 0.664. The van der Waals surface area contributed by atoms with Gasteiger partial charge in [-0.2, -0.15) is 17.6 Å². The zero-order chi connectivity index (χ0) is 10.6. The van der Waals surface area contributed by atoms with Crippen molar-refractivity contribution in [1.29, 1.82) is 0 Å². The van der Waals surface area contributed by atoms with Crippen LogP contribution in [-0.2, 0) is 17.0 Å². The zero-order valence-electron chi connectivity index (χ0n) is 6.60. The lowest BCUT2D eigenvalue weighted by molar-refractivity contribution is -0.369. The van der Waals surface area contributed by atoms with Crippen LogP contribution in [0.3, 0.4) is 0 Å². The lowest BCUT2D eigenvalue weighted by atomic mass is 10.1. The second kappa shape index (κ2) is 2.38. The Bertz CT molecular complexity index is 389. The molecule has 0 bridgehead atoms. The zero-order valence-corrected chi connectivity index (χ0v) is 6.60. The van der Waals surface area contributed by atoms with Crippen LogP contribution < -0.4 is 0 Å². The molecular weight excluding hydrogens is 204 g/mol. The number of halogens is 4. The van der Waals surface area contributed by atoms with Gasteiger partial charge in [-0.1, -0.05) is 0 Å². The maximum Gasteiger partial charge on any atom is 0.388 e.